The molecule has 1 heterocycles. The Kier molecular flexibility index (Phi) is 3.12. The first-order valence-corrected chi connectivity index (χ1v) is 6.04. The van der Waals surface area contributed by atoms with Gasteiger partial charge in [0.15, 0.2) is 0 Å². The first-order valence-electron chi connectivity index (χ1n) is 4.84. The largest absolute Gasteiger partial charge is 0.481 e. The van der Waals surface area contributed by atoms with Crippen molar-refractivity contribution in [2.45, 2.75) is 19.3 Å². The van der Waals surface area contributed by atoms with Gasteiger partial charge in [0.2, 0.25) is 0 Å². The second-order valence-corrected chi connectivity index (χ2v) is 5.11. The van der Waals surface area contributed by atoms with Crippen LogP contribution in [0, 0.1) is 0 Å². The highest BCUT2D eigenvalue weighted by Crippen LogP contribution is 2.32. The molecule has 5 heteroatoms. The van der Waals surface area contributed by atoms with E-state index in [2.05, 4.69) is 4.98 Å². The molecule has 0 saturated carbocycles. The number of carboxylic acid groups (broad SMARTS) is 1. The molecule has 1 aromatic heterocycles. The monoisotopic (exact) mass is 255 g/mol. The van der Waals surface area contributed by atoms with Crippen molar-refractivity contribution in [1.29, 1.82) is 0 Å². The third kappa shape index (κ3) is 2.18. The van der Waals surface area contributed by atoms with Crippen LogP contribution in [-0.4, -0.2) is 16.1 Å². The molecule has 0 amide bonds. The van der Waals surface area contributed by atoms with E-state index in [0.717, 1.165) is 15.2 Å². The molecule has 0 saturated heterocycles. The smallest absolute Gasteiger partial charge is 0.304 e. The fourth-order valence-corrected chi connectivity index (χ4v) is 2.81. The summed E-state index contributed by atoms with van der Waals surface area (Å²) in [5, 5.41) is 10.2. The summed E-state index contributed by atoms with van der Waals surface area (Å²) in [4.78, 5) is 15.0. The van der Waals surface area contributed by atoms with Crippen molar-refractivity contribution < 1.29 is 9.90 Å². The Morgan fingerprint density at radius 3 is 3.00 bits per heavy atom. The van der Waals surface area contributed by atoms with Crippen molar-refractivity contribution >= 4 is 39.1 Å². The van der Waals surface area contributed by atoms with Gasteiger partial charge in [0.1, 0.15) is 5.52 Å². The minimum absolute atomic E-state index is 0.0778. The fraction of sp³-hybridized carbons (Fsp3) is 0.273. The van der Waals surface area contributed by atoms with E-state index in [9.17, 15) is 4.79 Å². The van der Waals surface area contributed by atoms with Crippen LogP contribution in [-0.2, 0) is 4.79 Å². The van der Waals surface area contributed by atoms with Gasteiger partial charge in [-0.2, -0.15) is 0 Å². The van der Waals surface area contributed by atoms with E-state index in [4.69, 9.17) is 16.7 Å². The van der Waals surface area contributed by atoms with Crippen LogP contribution < -0.4 is 0 Å². The second kappa shape index (κ2) is 4.39. The van der Waals surface area contributed by atoms with Crippen LogP contribution >= 0.6 is 22.9 Å². The predicted octanol–water partition coefficient (Wildman–Crippen LogP) is 3.53. The summed E-state index contributed by atoms with van der Waals surface area (Å²) in [6, 6.07) is 5.60. The molecule has 2 aromatic rings. The molecule has 0 aliphatic rings. The number of hydrogen-bond donors (Lipinski definition) is 1. The third-order valence-electron chi connectivity index (χ3n) is 2.29. The van der Waals surface area contributed by atoms with Crippen LogP contribution in [0.5, 0.6) is 0 Å². The van der Waals surface area contributed by atoms with Crippen molar-refractivity contribution in [2.24, 2.45) is 0 Å². The summed E-state index contributed by atoms with van der Waals surface area (Å²) in [6.07, 6.45) is 0.0947. The molecule has 1 unspecified atom stereocenters. The molecular formula is C11H10ClNO2S. The number of thiazole rings is 1. The Morgan fingerprint density at radius 1 is 1.62 bits per heavy atom. The van der Waals surface area contributed by atoms with Gasteiger partial charge in [-0.05, 0) is 12.1 Å². The summed E-state index contributed by atoms with van der Waals surface area (Å²) < 4.78 is 1.000. The molecule has 0 spiro atoms. The molecule has 0 aliphatic carbocycles. The van der Waals surface area contributed by atoms with Gasteiger partial charge in [-0.25, -0.2) is 4.98 Å². The minimum Gasteiger partial charge on any atom is -0.481 e. The molecule has 1 atom stereocenters. The van der Waals surface area contributed by atoms with Crippen LogP contribution in [0.3, 0.4) is 0 Å². The first-order chi connectivity index (χ1) is 7.58. The summed E-state index contributed by atoms with van der Waals surface area (Å²) >= 11 is 7.51. The van der Waals surface area contributed by atoms with Crippen molar-refractivity contribution in [3.63, 3.8) is 0 Å². The highest BCUT2D eigenvalue weighted by atomic mass is 35.5. The number of carbonyl (C=O) groups is 1. The van der Waals surface area contributed by atoms with Gasteiger partial charge >= 0.3 is 5.97 Å². The summed E-state index contributed by atoms with van der Waals surface area (Å²) in [7, 11) is 0. The van der Waals surface area contributed by atoms with E-state index >= 15 is 0 Å². The molecule has 16 heavy (non-hydrogen) atoms. The van der Waals surface area contributed by atoms with Gasteiger partial charge in [-0.15, -0.1) is 11.3 Å². The number of aromatic nitrogens is 1. The van der Waals surface area contributed by atoms with E-state index in [1.807, 2.05) is 19.1 Å². The van der Waals surface area contributed by atoms with E-state index in [-0.39, 0.29) is 12.3 Å². The lowest BCUT2D eigenvalue weighted by Crippen LogP contribution is -2.02. The van der Waals surface area contributed by atoms with Crippen molar-refractivity contribution in [1.82, 2.24) is 4.98 Å². The minimum atomic E-state index is -0.808. The second-order valence-electron chi connectivity index (χ2n) is 3.64. The average molecular weight is 256 g/mol. The average Bonchev–Trinajstić information content (AvgIpc) is 2.61. The zero-order valence-corrected chi connectivity index (χ0v) is 10.2. The molecule has 2 rings (SSSR count). The number of hydrogen-bond acceptors (Lipinski definition) is 3. The number of benzene rings is 1. The maximum absolute atomic E-state index is 10.6. The Hall–Kier alpha value is -1.13. The molecule has 84 valence electrons. The number of nitrogens with zero attached hydrogens (tertiary/aromatic N) is 1. The molecule has 0 bridgehead atoms. The van der Waals surface area contributed by atoms with Crippen LogP contribution in [0.1, 0.15) is 24.3 Å². The van der Waals surface area contributed by atoms with E-state index in [1.54, 1.807) is 6.07 Å². The van der Waals surface area contributed by atoms with Gasteiger partial charge in [0.05, 0.1) is 21.2 Å². The molecule has 1 N–H and O–H groups in total. The molecule has 0 radical (unpaired) electrons. The van der Waals surface area contributed by atoms with Gasteiger partial charge in [0.25, 0.3) is 0 Å². The molecule has 0 fully saturated rings. The van der Waals surface area contributed by atoms with E-state index in [0.29, 0.717) is 5.02 Å². The van der Waals surface area contributed by atoms with Crippen LogP contribution in [0.4, 0.5) is 0 Å². The predicted molar refractivity (Wildman–Crippen MR) is 65.3 cm³/mol. The number of para-hydroxylation sites is 1. The molecule has 3 nitrogen and oxygen atoms in total. The van der Waals surface area contributed by atoms with Crippen molar-refractivity contribution in [3.05, 3.63) is 28.2 Å². The summed E-state index contributed by atoms with van der Waals surface area (Å²) in [5.41, 5.74) is 0.765. The number of fused-ring (bicyclic) bond motifs is 1. The summed E-state index contributed by atoms with van der Waals surface area (Å²) in [5.74, 6) is -0.885. The van der Waals surface area contributed by atoms with Gasteiger partial charge in [-0.1, -0.05) is 24.6 Å². The normalized spacial score (nSPS) is 12.9. The van der Waals surface area contributed by atoms with Crippen LogP contribution in [0.2, 0.25) is 5.02 Å². The zero-order chi connectivity index (χ0) is 11.7. The standard InChI is InChI=1S/C11H10ClNO2S/c1-6(5-9(14)15)11-13-10-7(12)3-2-4-8(10)16-11/h2-4,6H,5H2,1H3,(H,14,15). The lowest BCUT2D eigenvalue weighted by molar-refractivity contribution is -0.137. The number of halogens is 1. The number of rotatable bonds is 3. The van der Waals surface area contributed by atoms with Crippen LogP contribution in [0.15, 0.2) is 18.2 Å². The molecule has 1 aromatic carbocycles. The number of carboxylic acids is 1. The Bertz CT molecular complexity index is 538. The number of aliphatic carboxylic acids is 1. The maximum atomic E-state index is 10.6. The zero-order valence-electron chi connectivity index (χ0n) is 8.61. The topological polar surface area (TPSA) is 50.2 Å². The quantitative estimate of drug-likeness (QED) is 0.913. The summed E-state index contributed by atoms with van der Waals surface area (Å²) in [6.45, 7) is 1.86. The molecule has 0 aliphatic heterocycles. The first kappa shape index (κ1) is 11.4. The Balaban J connectivity index is 2.39. The Labute approximate surface area is 102 Å². The van der Waals surface area contributed by atoms with Gasteiger partial charge in [0, 0.05) is 5.92 Å². The van der Waals surface area contributed by atoms with Gasteiger partial charge < -0.3 is 5.11 Å². The highest BCUT2D eigenvalue weighted by Gasteiger charge is 2.15. The Morgan fingerprint density at radius 2 is 2.38 bits per heavy atom. The van der Waals surface area contributed by atoms with E-state index < -0.39 is 5.97 Å². The molecular weight excluding hydrogens is 246 g/mol. The third-order valence-corrected chi connectivity index (χ3v) is 3.85. The SMILES string of the molecule is CC(CC(=O)O)c1nc2c(Cl)cccc2s1. The lowest BCUT2D eigenvalue weighted by atomic mass is 10.1. The van der Waals surface area contributed by atoms with Crippen LogP contribution in [0.25, 0.3) is 10.2 Å². The van der Waals surface area contributed by atoms with Crippen molar-refractivity contribution in [3.8, 4) is 0 Å². The van der Waals surface area contributed by atoms with Crippen molar-refractivity contribution in [2.75, 3.05) is 0 Å². The van der Waals surface area contributed by atoms with Gasteiger partial charge in [-0.3, -0.25) is 4.79 Å². The highest BCUT2D eigenvalue weighted by molar-refractivity contribution is 7.18. The lowest BCUT2D eigenvalue weighted by Gasteiger charge is -2.02. The maximum Gasteiger partial charge on any atom is 0.304 e. The van der Waals surface area contributed by atoms with E-state index in [1.165, 1.54) is 11.3 Å². The fourth-order valence-electron chi connectivity index (χ4n) is 1.49.